The number of carbonyl (C=O) groups is 1. The first-order valence-electron chi connectivity index (χ1n) is 10.8. The van der Waals surface area contributed by atoms with E-state index in [2.05, 4.69) is 23.1 Å². The molecular weight excluding hydrogens is 388 g/mol. The van der Waals surface area contributed by atoms with Gasteiger partial charge in [0.2, 0.25) is 0 Å². The van der Waals surface area contributed by atoms with Crippen molar-refractivity contribution >= 4 is 11.6 Å². The van der Waals surface area contributed by atoms with Crippen LogP contribution in [0, 0.1) is 0 Å². The third-order valence-electron chi connectivity index (χ3n) is 5.46. The van der Waals surface area contributed by atoms with E-state index in [0.717, 1.165) is 35.7 Å². The molecule has 1 aliphatic rings. The zero-order chi connectivity index (χ0) is 21.5. The maximum absolute atomic E-state index is 12.6. The van der Waals surface area contributed by atoms with Gasteiger partial charge in [-0.1, -0.05) is 54.6 Å². The normalized spacial score (nSPS) is 13.7. The summed E-state index contributed by atoms with van der Waals surface area (Å²) in [6.45, 7) is 5.59. The highest BCUT2D eigenvalue weighted by Gasteiger charge is 2.23. The molecule has 0 spiro atoms. The largest absolute Gasteiger partial charge is 0.492 e. The zero-order valence-electron chi connectivity index (χ0n) is 17.9. The van der Waals surface area contributed by atoms with Crippen LogP contribution in [0.15, 0.2) is 78.9 Å². The van der Waals surface area contributed by atoms with Gasteiger partial charge in [0.15, 0.2) is 6.61 Å². The standard InChI is InChI=1S/C26H28N2O3/c1-2-30-25-11-7-6-10-24(25)27-16-18-28(19-17-27)26(29)20-31-23-14-12-22(13-15-23)21-8-4-3-5-9-21/h3-15H,2,16-20H2,1H3. The van der Waals surface area contributed by atoms with Gasteiger partial charge in [-0.3, -0.25) is 4.79 Å². The number of rotatable bonds is 7. The first-order valence-corrected chi connectivity index (χ1v) is 10.8. The van der Waals surface area contributed by atoms with Gasteiger partial charge in [-0.15, -0.1) is 0 Å². The summed E-state index contributed by atoms with van der Waals surface area (Å²) in [5.74, 6) is 1.62. The van der Waals surface area contributed by atoms with Crippen LogP contribution in [0.2, 0.25) is 0 Å². The second kappa shape index (κ2) is 10.0. The van der Waals surface area contributed by atoms with Gasteiger partial charge in [-0.25, -0.2) is 0 Å². The first-order chi connectivity index (χ1) is 15.2. The Morgan fingerprint density at radius 1 is 0.774 bits per heavy atom. The van der Waals surface area contributed by atoms with Crippen LogP contribution in [0.1, 0.15) is 6.92 Å². The van der Waals surface area contributed by atoms with Crippen molar-refractivity contribution in [2.45, 2.75) is 6.92 Å². The molecule has 5 nitrogen and oxygen atoms in total. The van der Waals surface area contributed by atoms with Crippen LogP contribution < -0.4 is 14.4 Å². The highest BCUT2D eigenvalue weighted by Crippen LogP contribution is 2.29. The molecule has 160 valence electrons. The molecule has 1 amide bonds. The Morgan fingerprint density at radius 2 is 1.42 bits per heavy atom. The summed E-state index contributed by atoms with van der Waals surface area (Å²) >= 11 is 0. The molecule has 1 aliphatic heterocycles. The summed E-state index contributed by atoms with van der Waals surface area (Å²) < 4.78 is 11.5. The summed E-state index contributed by atoms with van der Waals surface area (Å²) in [5.41, 5.74) is 3.38. The predicted octanol–water partition coefficient (Wildman–Crippen LogP) is 4.48. The van der Waals surface area contributed by atoms with E-state index in [-0.39, 0.29) is 12.5 Å². The Labute approximate surface area is 183 Å². The Morgan fingerprint density at radius 3 is 2.13 bits per heavy atom. The molecule has 0 radical (unpaired) electrons. The number of nitrogens with zero attached hydrogens (tertiary/aromatic N) is 2. The average molecular weight is 417 g/mol. The summed E-state index contributed by atoms with van der Waals surface area (Å²) in [5, 5.41) is 0. The zero-order valence-corrected chi connectivity index (χ0v) is 17.9. The minimum absolute atomic E-state index is 0.0184. The minimum Gasteiger partial charge on any atom is -0.492 e. The molecule has 1 fully saturated rings. The Bertz CT molecular complexity index is 981. The third kappa shape index (κ3) is 5.18. The number of amides is 1. The van der Waals surface area contributed by atoms with Crippen molar-refractivity contribution in [2.24, 2.45) is 0 Å². The van der Waals surface area contributed by atoms with Crippen molar-refractivity contribution in [3.8, 4) is 22.6 Å². The lowest BCUT2D eigenvalue weighted by Crippen LogP contribution is -2.50. The van der Waals surface area contributed by atoms with Crippen LogP contribution in [0.3, 0.4) is 0 Å². The first kappa shape index (κ1) is 20.8. The van der Waals surface area contributed by atoms with E-state index in [4.69, 9.17) is 9.47 Å². The molecule has 0 aromatic heterocycles. The van der Waals surface area contributed by atoms with E-state index in [1.807, 2.05) is 72.5 Å². The van der Waals surface area contributed by atoms with Crippen molar-refractivity contribution in [3.63, 3.8) is 0 Å². The topological polar surface area (TPSA) is 42.0 Å². The van der Waals surface area contributed by atoms with E-state index >= 15 is 0 Å². The van der Waals surface area contributed by atoms with Gasteiger partial charge in [-0.05, 0) is 42.3 Å². The molecule has 31 heavy (non-hydrogen) atoms. The SMILES string of the molecule is CCOc1ccccc1N1CCN(C(=O)COc2ccc(-c3ccccc3)cc2)CC1. The highest BCUT2D eigenvalue weighted by molar-refractivity contribution is 5.78. The fourth-order valence-corrected chi connectivity index (χ4v) is 3.80. The monoisotopic (exact) mass is 416 g/mol. The Balaban J connectivity index is 1.28. The molecule has 0 bridgehead atoms. The molecular formula is C26H28N2O3. The summed E-state index contributed by atoms with van der Waals surface area (Å²) in [6, 6.07) is 26.1. The van der Waals surface area contributed by atoms with Crippen LogP contribution in [-0.4, -0.2) is 50.2 Å². The van der Waals surface area contributed by atoms with Crippen molar-refractivity contribution < 1.29 is 14.3 Å². The number of piperazine rings is 1. The molecule has 3 aromatic carbocycles. The minimum atomic E-state index is 0.0184. The van der Waals surface area contributed by atoms with E-state index in [9.17, 15) is 4.79 Å². The number of anilines is 1. The smallest absolute Gasteiger partial charge is 0.260 e. The van der Waals surface area contributed by atoms with Crippen molar-refractivity contribution in [1.29, 1.82) is 0 Å². The van der Waals surface area contributed by atoms with Gasteiger partial charge >= 0.3 is 0 Å². The fourth-order valence-electron chi connectivity index (χ4n) is 3.80. The van der Waals surface area contributed by atoms with Gasteiger partial charge in [0, 0.05) is 26.2 Å². The summed E-state index contributed by atoms with van der Waals surface area (Å²) in [7, 11) is 0. The molecule has 0 N–H and O–H groups in total. The second-order valence-corrected chi connectivity index (χ2v) is 7.45. The number of ether oxygens (including phenoxy) is 2. The maximum atomic E-state index is 12.6. The lowest BCUT2D eigenvalue weighted by molar-refractivity contribution is -0.133. The van der Waals surface area contributed by atoms with E-state index in [1.54, 1.807) is 0 Å². The molecule has 3 aromatic rings. The molecule has 1 heterocycles. The molecule has 0 saturated carbocycles. The quantitative estimate of drug-likeness (QED) is 0.570. The Kier molecular flexibility index (Phi) is 6.72. The molecule has 4 rings (SSSR count). The van der Waals surface area contributed by atoms with Crippen LogP contribution in [0.4, 0.5) is 5.69 Å². The van der Waals surface area contributed by atoms with Gasteiger partial charge in [-0.2, -0.15) is 0 Å². The van der Waals surface area contributed by atoms with Crippen LogP contribution >= 0.6 is 0 Å². The third-order valence-corrected chi connectivity index (χ3v) is 5.46. The number of hydrogen-bond acceptors (Lipinski definition) is 4. The van der Waals surface area contributed by atoms with Crippen molar-refractivity contribution in [2.75, 3.05) is 44.3 Å². The van der Waals surface area contributed by atoms with E-state index < -0.39 is 0 Å². The van der Waals surface area contributed by atoms with Gasteiger partial charge in [0.1, 0.15) is 11.5 Å². The van der Waals surface area contributed by atoms with Crippen LogP contribution in [-0.2, 0) is 4.79 Å². The van der Waals surface area contributed by atoms with E-state index in [1.165, 1.54) is 0 Å². The summed E-state index contributed by atoms with van der Waals surface area (Å²) in [6.07, 6.45) is 0. The lowest BCUT2D eigenvalue weighted by atomic mass is 10.1. The van der Waals surface area contributed by atoms with Crippen molar-refractivity contribution in [3.05, 3.63) is 78.9 Å². The van der Waals surface area contributed by atoms with Crippen LogP contribution in [0.5, 0.6) is 11.5 Å². The number of hydrogen-bond donors (Lipinski definition) is 0. The van der Waals surface area contributed by atoms with Crippen LogP contribution in [0.25, 0.3) is 11.1 Å². The second-order valence-electron chi connectivity index (χ2n) is 7.45. The molecule has 0 atom stereocenters. The maximum Gasteiger partial charge on any atom is 0.260 e. The van der Waals surface area contributed by atoms with Gasteiger partial charge in [0.25, 0.3) is 5.91 Å². The molecule has 5 heteroatoms. The van der Waals surface area contributed by atoms with Crippen molar-refractivity contribution in [1.82, 2.24) is 4.90 Å². The van der Waals surface area contributed by atoms with Gasteiger partial charge < -0.3 is 19.3 Å². The molecule has 0 unspecified atom stereocenters. The van der Waals surface area contributed by atoms with E-state index in [0.29, 0.717) is 25.4 Å². The van der Waals surface area contributed by atoms with Gasteiger partial charge in [0.05, 0.1) is 12.3 Å². The fraction of sp³-hybridized carbons (Fsp3) is 0.269. The molecule has 1 saturated heterocycles. The number of carbonyl (C=O) groups excluding carboxylic acids is 1. The lowest BCUT2D eigenvalue weighted by Gasteiger charge is -2.36. The number of benzene rings is 3. The Hall–Kier alpha value is -3.47. The highest BCUT2D eigenvalue weighted by atomic mass is 16.5. The predicted molar refractivity (Wildman–Crippen MR) is 124 cm³/mol. The average Bonchev–Trinajstić information content (AvgIpc) is 2.84. The number of para-hydroxylation sites is 2. The summed E-state index contributed by atoms with van der Waals surface area (Å²) in [4.78, 5) is 16.8. The molecule has 0 aliphatic carbocycles.